The number of thiophene rings is 1. The molecule has 0 spiro atoms. The first-order valence-electron chi connectivity index (χ1n) is 15.0. The molecular formula is C33H44N6O2S. The molecule has 0 aliphatic rings. The molecule has 1 unspecified atom stereocenters. The first-order chi connectivity index (χ1) is 20.4. The van der Waals surface area contributed by atoms with E-state index in [2.05, 4.69) is 63.3 Å². The van der Waals surface area contributed by atoms with Gasteiger partial charge >= 0.3 is 0 Å². The van der Waals surface area contributed by atoms with Gasteiger partial charge < -0.3 is 26.3 Å². The Morgan fingerprint density at radius 2 is 1.71 bits per heavy atom. The van der Waals surface area contributed by atoms with Gasteiger partial charge in [-0.15, -0.1) is 11.3 Å². The van der Waals surface area contributed by atoms with Crippen molar-refractivity contribution >= 4 is 33.9 Å². The lowest BCUT2D eigenvalue weighted by Gasteiger charge is -2.23. The molecule has 9 heteroatoms. The summed E-state index contributed by atoms with van der Waals surface area (Å²) in [6.45, 7) is 9.81. The Kier molecular flexibility index (Phi) is 11.7. The van der Waals surface area contributed by atoms with Crippen molar-refractivity contribution in [3.8, 4) is 0 Å². The third-order valence-corrected chi connectivity index (χ3v) is 8.84. The molecule has 2 aromatic heterocycles. The van der Waals surface area contributed by atoms with Crippen LogP contribution >= 0.6 is 11.3 Å². The number of fused-ring (bicyclic) bond motifs is 1. The normalized spacial score (nSPS) is 13.6. The number of hydrogen-bond donors (Lipinski definition) is 5. The lowest BCUT2D eigenvalue weighted by atomic mass is 9.99. The molecule has 2 heterocycles. The van der Waals surface area contributed by atoms with E-state index in [1.807, 2.05) is 50.2 Å². The first-order valence-corrected chi connectivity index (χ1v) is 15.8. The monoisotopic (exact) mass is 588 g/mol. The van der Waals surface area contributed by atoms with Crippen LogP contribution in [0.4, 0.5) is 0 Å². The van der Waals surface area contributed by atoms with Crippen LogP contribution in [0, 0.1) is 0 Å². The van der Waals surface area contributed by atoms with E-state index in [-0.39, 0.29) is 23.9 Å². The van der Waals surface area contributed by atoms with Gasteiger partial charge in [-0.1, -0.05) is 56.3 Å². The summed E-state index contributed by atoms with van der Waals surface area (Å²) in [5.74, 6) is 0.475. The van der Waals surface area contributed by atoms with Gasteiger partial charge in [0.05, 0.1) is 17.0 Å². The van der Waals surface area contributed by atoms with Crippen molar-refractivity contribution in [1.82, 2.24) is 31.2 Å². The number of rotatable bonds is 16. The number of aromatic nitrogens is 2. The number of carbonyl (C=O) groups is 2. The molecule has 4 aromatic rings. The smallest absolute Gasteiger partial charge is 0.262 e. The Bertz CT molecular complexity index is 1410. The molecule has 0 fully saturated rings. The molecule has 0 aliphatic heterocycles. The number of H-pyrrole nitrogens is 1. The molecule has 0 saturated carbocycles. The summed E-state index contributed by atoms with van der Waals surface area (Å²) >= 11 is 1.44. The average molecular weight is 589 g/mol. The quantitative estimate of drug-likeness (QED) is 0.103. The van der Waals surface area contributed by atoms with E-state index in [0.717, 1.165) is 52.8 Å². The van der Waals surface area contributed by atoms with Crippen molar-refractivity contribution in [1.29, 1.82) is 0 Å². The molecule has 0 aliphatic carbocycles. The summed E-state index contributed by atoms with van der Waals surface area (Å²) in [6.07, 6.45) is 7.00. The molecule has 0 saturated heterocycles. The van der Waals surface area contributed by atoms with Crippen molar-refractivity contribution in [3.63, 3.8) is 0 Å². The highest BCUT2D eigenvalue weighted by Crippen LogP contribution is 2.24. The highest BCUT2D eigenvalue weighted by molar-refractivity contribution is 7.14. The van der Waals surface area contributed by atoms with Crippen LogP contribution in [0.25, 0.3) is 10.8 Å². The van der Waals surface area contributed by atoms with Crippen LogP contribution in [0.1, 0.15) is 91.4 Å². The summed E-state index contributed by atoms with van der Waals surface area (Å²) in [5, 5.41) is 15.5. The van der Waals surface area contributed by atoms with Crippen LogP contribution in [-0.4, -0.2) is 40.4 Å². The van der Waals surface area contributed by atoms with Crippen molar-refractivity contribution in [2.75, 3.05) is 6.54 Å². The molecule has 2 aromatic carbocycles. The Morgan fingerprint density at radius 1 is 0.929 bits per heavy atom. The van der Waals surface area contributed by atoms with Gasteiger partial charge in [-0.05, 0) is 74.5 Å². The Morgan fingerprint density at radius 3 is 2.48 bits per heavy atom. The van der Waals surface area contributed by atoms with Crippen LogP contribution in [0.2, 0.25) is 0 Å². The molecule has 224 valence electrons. The summed E-state index contributed by atoms with van der Waals surface area (Å²) in [4.78, 5) is 36.0. The fourth-order valence-corrected chi connectivity index (χ4v) is 6.03. The van der Waals surface area contributed by atoms with Gasteiger partial charge in [0.2, 0.25) is 5.91 Å². The minimum absolute atomic E-state index is 0.0600. The van der Waals surface area contributed by atoms with Gasteiger partial charge in [0.25, 0.3) is 5.91 Å². The molecule has 42 heavy (non-hydrogen) atoms. The van der Waals surface area contributed by atoms with Crippen LogP contribution in [0.3, 0.4) is 0 Å². The second-order valence-electron chi connectivity index (χ2n) is 10.8. The number of nitrogens with one attached hydrogen (secondary N) is 5. The zero-order valence-electron chi connectivity index (χ0n) is 25.1. The number of imidazole rings is 1. The summed E-state index contributed by atoms with van der Waals surface area (Å²) in [5.41, 5.74) is 1.06. The standard InChI is InChI=1S/C33H44N6O2S/c1-5-25(6-2)34-18-10-15-29(32(40)38-22(3)27-14-9-12-24-11-7-8-13-28(24)27)39-33(41)30-17-16-26(42-30)21-37-23(4)31-35-19-20-36-31/h7-9,11-14,16-17,19-20,22-23,25,29,34,37H,5-6,10,15,18,21H2,1-4H3,(H,35,36)(H,38,40)(H,39,41)/t22-,23?,29-/m0/s1. The van der Waals surface area contributed by atoms with Crippen LogP contribution in [0.15, 0.2) is 67.0 Å². The SMILES string of the molecule is CCC(CC)NCCC[C@H](NC(=O)c1ccc(CNC(C)c2ncc[nH]2)s1)C(=O)N[C@@H](C)c1cccc2ccccc12. The molecule has 0 bridgehead atoms. The average Bonchev–Trinajstić information content (AvgIpc) is 3.72. The Balaban J connectivity index is 1.40. The van der Waals surface area contributed by atoms with Gasteiger partial charge in [0.15, 0.2) is 0 Å². The zero-order valence-corrected chi connectivity index (χ0v) is 25.9. The second kappa shape index (κ2) is 15.6. The van der Waals surface area contributed by atoms with Crippen molar-refractivity contribution in [2.45, 2.75) is 84.1 Å². The van der Waals surface area contributed by atoms with E-state index in [0.29, 0.717) is 23.9 Å². The lowest BCUT2D eigenvalue weighted by molar-refractivity contribution is -0.123. The Hall–Kier alpha value is -3.53. The minimum Gasteiger partial charge on any atom is -0.348 e. The minimum atomic E-state index is -0.638. The predicted molar refractivity (Wildman–Crippen MR) is 172 cm³/mol. The number of aromatic amines is 1. The molecular weight excluding hydrogens is 544 g/mol. The number of benzene rings is 2. The largest absolute Gasteiger partial charge is 0.348 e. The fourth-order valence-electron chi connectivity index (χ4n) is 5.17. The van der Waals surface area contributed by atoms with E-state index >= 15 is 0 Å². The highest BCUT2D eigenvalue weighted by Gasteiger charge is 2.24. The van der Waals surface area contributed by atoms with Crippen molar-refractivity contribution in [3.05, 3.63) is 88.1 Å². The van der Waals surface area contributed by atoms with Gasteiger partial charge in [0, 0.05) is 29.9 Å². The molecule has 2 amide bonds. The number of carbonyl (C=O) groups excluding carboxylic acids is 2. The van der Waals surface area contributed by atoms with E-state index in [1.165, 1.54) is 11.3 Å². The zero-order chi connectivity index (χ0) is 29.9. The highest BCUT2D eigenvalue weighted by atomic mass is 32.1. The van der Waals surface area contributed by atoms with Crippen molar-refractivity contribution < 1.29 is 9.59 Å². The number of nitrogens with zero attached hydrogens (tertiary/aromatic N) is 1. The molecule has 8 nitrogen and oxygen atoms in total. The third kappa shape index (κ3) is 8.50. The maximum Gasteiger partial charge on any atom is 0.262 e. The van der Waals surface area contributed by atoms with Crippen LogP contribution in [0.5, 0.6) is 0 Å². The van der Waals surface area contributed by atoms with Gasteiger partial charge in [-0.2, -0.15) is 0 Å². The Labute approximate surface area is 253 Å². The van der Waals surface area contributed by atoms with Gasteiger partial charge in [-0.3, -0.25) is 9.59 Å². The van der Waals surface area contributed by atoms with E-state index < -0.39 is 6.04 Å². The number of amides is 2. The first kappa shape index (κ1) is 31.4. The molecule has 3 atom stereocenters. The lowest BCUT2D eigenvalue weighted by Crippen LogP contribution is -2.47. The van der Waals surface area contributed by atoms with Crippen LogP contribution < -0.4 is 21.3 Å². The van der Waals surface area contributed by atoms with Gasteiger partial charge in [-0.25, -0.2) is 4.98 Å². The number of hydrogen-bond acceptors (Lipinski definition) is 6. The topological polar surface area (TPSA) is 111 Å². The summed E-state index contributed by atoms with van der Waals surface area (Å²) < 4.78 is 0. The van der Waals surface area contributed by atoms with Gasteiger partial charge in [0.1, 0.15) is 11.9 Å². The molecule has 4 rings (SSSR count). The predicted octanol–water partition coefficient (Wildman–Crippen LogP) is 6.01. The summed E-state index contributed by atoms with van der Waals surface area (Å²) in [6, 6.07) is 17.8. The van der Waals surface area contributed by atoms with Crippen LogP contribution in [-0.2, 0) is 11.3 Å². The van der Waals surface area contributed by atoms with E-state index in [9.17, 15) is 9.59 Å². The van der Waals surface area contributed by atoms with E-state index in [1.54, 1.807) is 12.4 Å². The second-order valence-corrected chi connectivity index (χ2v) is 11.9. The fraction of sp³-hybridized carbons (Fsp3) is 0.424. The maximum atomic E-state index is 13.6. The van der Waals surface area contributed by atoms with Crippen molar-refractivity contribution in [2.24, 2.45) is 0 Å². The molecule has 0 radical (unpaired) electrons. The molecule has 5 N–H and O–H groups in total. The third-order valence-electron chi connectivity index (χ3n) is 7.76. The van der Waals surface area contributed by atoms with E-state index in [4.69, 9.17) is 0 Å². The summed E-state index contributed by atoms with van der Waals surface area (Å²) in [7, 11) is 0. The maximum absolute atomic E-state index is 13.6.